The van der Waals surface area contributed by atoms with Crippen LogP contribution in [0.4, 0.5) is 0 Å². The van der Waals surface area contributed by atoms with Crippen molar-refractivity contribution in [1.82, 2.24) is 0 Å². The molecule has 3 heteroatoms. The van der Waals surface area contributed by atoms with Gasteiger partial charge >= 0.3 is 0 Å². The second kappa shape index (κ2) is 7.90. The fourth-order valence-electron chi connectivity index (χ4n) is 3.57. The minimum Gasteiger partial charge on any atom is -0.359 e. The van der Waals surface area contributed by atoms with E-state index in [1.807, 2.05) is 42.5 Å². The van der Waals surface area contributed by atoms with Crippen LogP contribution in [0.25, 0.3) is 11.1 Å². The fraction of sp³-hybridized carbons (Fsp3) is 0.167. The molecule has 3 aromatic carbocycles. The van der Waals surface area contributed by atoms with E-state index in [0.29, 0.717) is 0 Å². The highest BCUT2D eigenvalue weighted by Gasteiger charge is 2.44. The van der Waals surface area contributed by atoms with Crippen LogP contribution in [0.2, 0.25) is 10.0 Å². The van der Waals surface area contributed by atoms with E-state index < -0.39 is 0 Å². The molecule has 1 fully saturated rings. The number of rotatable bonds is 5. The standard InChI is InChI=1S/C24H20Cl2O/c1-2-21(16-6-4-3-5-7-16)22(17-8-12-19(25)13-9-17)24-23(27-24)18-10-14-20(26)15-11-18/h3-15,23-24H,2H2,1H3/b22-21+. The number of epoxide rings is 1. The molecule has 4 rings (SSSR count). The summed E-state index contributed by atoms with van der Waals surface area (Å²) in [7, 11) is 0. The molecule has 27 heavy (non-hydrogen) atoms. The topological polar surface area (TPSA) is 12.5 Å². The summed E-state index contributed by atoms with van der Waals surface area (Å²) in [5, 5.41) is 1.48. The van der Waals surface area contributed by atoms with E-state index in [0.717, 1.165) is 27.6 Å². The highest BCUT2D eigenvalue weighted by molar-refractivity contribution is 6.30. The van der Waals surface area contributed by atoms with E-state index in [1.165, 1.54) is 16.7 Å². The predicted molar refractivity (Wildman–Crippen MR) is 114 cm³/mol. The lowest BCUT2D eigenvalue weighted by atomic mass is 9.89. The molecule has 0 radical (unpaired) electrons. The van der Waals surface area contributed by atoms with E-state index >= 15 is 0 Å². The van der Waals surface area contributed by atoms with Gasteiger partial charge in [-0.1, -0.05) is 84.7 Å². The molecule has 1 aliphatic heterocycles. The molecule has 1 saturated heterocycles. The first-order chi connectivity index (χ1) is 13.2. The van der Waals surface area contributed by atoms with Gasteiger partial charge in [-0.25, -0.2) is 0 Å². The first-order valence-electron chi connectivity index (χ1n) is 9.12. The van der Waals surface area contributed by atoms with Gasteiger partial charge in [-0.2, -0.15) is 0 Å². The van der Waals surface area contributed by atoms with Crippen LogP contribution in [0.5, 0.6) is 0 Å². The molecule has 0 spiro atoms. The van der Waals surface area contributed by atoms with E-state index in [4.69, 9.17) is 27.9 Å². The molecule has 1 aliphatic rings. The predicted octanol–water partition coefficient (Wildman–Crippen LogP) is 7.45. The zero-order valence-corrected chi connectivity index (χ0v) is 16.5. The normalized spacial score (nSPS) is 19.5. The highest BCUT2D eigenvalue weighted by atomic mass is 35.5. The van der Waals surface area contributed by atoms with E-state index in [9.17, 15) is 0 Å². The third kappa shape index (κ3) is 3.96. The van der Waals surface area contributed by atoms with Crippen molar-refractivity contribution in [2.45, 2.75) is 25.6 Å². The Balaban J connectivity index is 1.79. The molecule has 0 bridgehead atoms. The van der Waals surface area contributed by atoms with Crippen LogP contribution in [-0.4, -0.2) is 6.10 Å². The summed E-state index contributed by atoms with van der Waals surface area (Å²) < 4.78 is 6.16. The highest BCUT2D eigenvalue weighted by Crippen LogP contribution is 2.49. The van der Waals surface area contributed by atoms with Gasteiger partial charge in [-0.3, -0.25) is 0 Å². The van der Waals surface area contributed by atoms with Crippen LogP contribution in [0.15, 0.2) is 78.9 Å². The lowest BCUT2D eigenvalue weighted by Gasteiger charge is -2.14. The Hall–Kier alpha value is -2.06. The van der Waals surface area contributed by atoms with Gasteiger partial charge in [0.1, 0.15) is 12.2 Å². The Morgan fingerprint density at radius 2 is 1.37 bits per heavy atom. The zero-order valence-electron chi connectivity index (χ0n) is 15.0. The summed E-state index contributed by atoms with van der Waals surface area (Å²) in [6.45, 7) is 2.19. The molecule has 3 aromatic rings. The lowest BCUT2D eigenvalue weighted by Crippen LogP contribution is -2.00. The third-order valence-corrected chi connectivity index (χ3v) is 5.43. The van der Waals surface area contributed by atoms with Crippen molar-refractivity contribution in [2.75, 3.05) is 0 Å². The van der Waals surface area contributed by atoms with Gasteiger partial charge in [-0.05, 0) is 58.5 Å². The van der Waals surface area contributed by atoms with Crippen LogP contribution in [-0.2, 0) is 4.74 Å². The smallest absolute Gasteiger partial charge is 0.115 e. The summed E-state index contributed by atoms with van der Waals surface area (Å²) >= 11 is 12.2. The van der Waals surface area contributed by atoms with Gasteiger partial charge in [-0.15, -0.1) is 0 Å². The van der Waals surface area contributed by atoms with Crippen molar-refractivity contribution in [2.24, 2.45) is 0 Å². The molecule has 1 nitrogen and oxygen atoms in total. The molecule has 2 unspecified atom stereocenters. The number of benzene rings is 3. The average molecular weight is 395 g/mol. The van der Waals surface area contributed by atoms with Crippen molar-refractivity contribution in [3.8, 4) is 0 Å². The minimum absolute atomic E-state index is 0.0301. The molecule has 0 N–H and O–H groups in total. The molecule has 0 aliphatic carbocycles. The summed E-state index contributed by atoms with van der Waals surface area (Å²) in [5.74, 6) is 0. The van der Waals surface area contributed by atoms with E-state index in [-0.39, 0.29) is 12.2 Å². The molecular formula is C24H20Cl2O. The number of ether oxygens (including phenoxy) is 1. The van der Waals surface area contributed by atoms with Gasteiger partial charge in [0, 0.05) is 10.0 Å². The second-order valence-corrected chi connectivity index (χ2v) is 7.52. The molecule has 0 saturated carbocycles. The number of hydrogen-bond acceptors (Lipinski definition) is 1. The van der Waals surface area contributed by atoms with Gasteiger partial charge in [0.2, 0.25) is 0 Å². The van der Waals surface area contributed by atoms with Crippen LogP contribution in [0.1, 0.15) is 36.1 Å². The third-order valence-electron chi connectivity index (χ3n) is 4.93. The SMILES string of the molecule is CC/C(=C(/c1ccc(Cl)cc1)C1OC1c1ccc(Cl)cc1)c1ccccc1. The summed E-state index contributed by atoms with van der Waals surface area (Å²) in [5.41, 5.74) is 6.08. The molecule has 136 valence electrons. The van der Waals surface area contributed by atoms with E-state index in [2.05, 4.69) is 43.3 Å². The summed E-state index contributed by atoms with van der Waals surface area (Å²) in [4.78, 5) is 0. The minimum atomic E-state index is 0.0301. The van der Waals surface area contributed by atoms with Crippen LogP contribution in [0, 0.1) is 0 Å². The maximum absolute atomic E-state index is 6.16. The maximum atomic E-state index is 6.16. The Bertz CT molecular complexity index is 944. The molecule has 0 amide bonds. The Labute approximate surface area is 170 Å². The van der Waals surface area contributed by atoms with Crippen molar-refractivity contribution in [3.63, 3.8) is 0 Å². The van der Waals surface area contributed by atoms with Gasteiger partial charge in [0.05, 0.1) is 0 Å². The zero-order chi connectivity index (χ0) is 18.8. The average Bonchev–Trinajstić information content (AvgIpc) is 3.48. The summed E-state index contributed by atoms with van der Waals surface area (Å²) in [6, 6.07) is 26.5. The van der Waals surface area contributed by atoms with Gasteiger partial charge < -0.3 is 4.74 Å². The second-order valence-electron chi connectivity index (χ2n) is 6.65. The van der Waals surface area contributed by atoms with Gasteiger partial charge in [0.15, 0.2) is 0 Å². The van der Waals surface area contributed by atoms with Crippen molar-refractivity contribution < 1.29 is 4.74 Å². The first kappa shape index (κ1) is 18.3. The van der Waals surface area contributed by atoms with Crippen molar-refractivity contribution in [3.05, 3.63) is 106 Å². The van der Waals surface area contributed by atoms with Crippen molar-refractivity contribution in [1.29, 1.82) is 0 Å². The Morgan fingerprint density at radius 1 is 0.778 bits per heavy atom. The number of halogens is 2. The molecule has 2 atom stereocenters. The largest absolute Gasteiger partial charge is 0.359 e. The van der Waals surface area contributed by atoms with E-state index in [1.54, 1.807) is 0 Å². The quantitative estimate of drug-likeness (QED) is 0.323. The van der Waals surface area contributed by atoms with Crippen LogP contribution >= 0.6 is 23.2 Å². The molecule has 0 aromatic heterocycles. The van der Waals surface area contributed by atoms with Crippen molar-refractivity contribution >= 4 is 34.3 Å². The monoisotopic (exact) mass is 394 g/mol. The Kier molecular flexibility index (Phi) is 5.36. The van der Waals surface area contributed by atoms with Gasteiger partial charge in [0.25, 0.3) is 0 Å². The lowest BCUT2D eigenvalue weighted by molar-refractivity contribution is 0.397. The summed E-state index contributed by atoms with van der Waals surface area (Å²) in [6.07, 6.45) is 1.01. The van der Waals surface area contributed by atoms with Crippen LogP contribution < -0.4 is 0 Å². The first-order valence-corrected chi connectivity index (χ1v) is 9.88. The maximum Gasteiger partial charge on any atom is 0.115 e. The molecule has 1 heterocycles. The number of hydrogen-bond donors (Lipinski definition) is 0. The van der Waals surface area contributed by atoms with Crippen LogP contribution in [0.3, 0.4) is 0 Å². The fourth-order valence-corrected chi connectivity index (χ4v) is 3.82. The number of allylic oxidation sites excluding steroid dienone is 1. The molecular weight excluding hydrogens is 375 g/mol. The Morgan fingerprint density at radius 3 is 1.96 bits per heavy atom.